The first-order valence-corrected chi connectivity index (χ1v) is 6.50. The summed E-state index contributed by atoms with van der Waals surface area (Å²) in [6.45, 7) is 3.04. The van der Waals surface area contributed by atoms with Gasteiger partial charge in [-0.15, -0.1) is 0 Å². The summed E-state index contributed by atoms with van der Waals surface area (Å²) in [4.78, 5) is 4.70. The van der Waals surface area contributed by atoms with E-state index in [9.17, 15) is 5.11 Å². The first-order chi connectivity index (χ1) is 9.28. The summed E-state index contributed by atoms with van der Waals surface area (Å²) in [5.41, 5.74) is 3.37. The number of imidazole rings is 1. The van der Waals surface area contributed by atoms with Gasteiger partial charge in [-0.2, -0.15) is 0 Å². The molecule has 3 rings (SSSR count). The lowest BCUT2D eigenvalue weighted by Crippen LogP contribution is -2.02. The fourth-order valence-corrected chi connectivity index (χ4v) is 2.41. The minimum Gasteiger partial charge on any atom is -0.508 e. The smallest absolute Gasteiger partial charge is 0.115 e. The molecular weight excluding hydrogens is 236 g/mol. The number of phenolic OH excluding ortho intramolecular Hbond substituents is 1. The van der Waals surface area contributed by atoms with Crippen molar-refractivity contribution in [2.24, 2.45) is 0 Å². The summed E-state index contributed by atoms with van der Waals surface area (Å²) in [7, 11) is 0. The number of benzene rings is 2. The van der Waals surface area contributed by atoms with Crippen molar-refractivity contribution in [3.05, 3.63) is 59.9 Å². The molecule has 0 aliphatic rings. The van der Waals surface area contributed by atoms with Gasteiger partial charge < -0.3 is 9.67 Å². The van der Waals surface area contributed by atoms with Gasteiger partial charge in [0.15, 0.2) is 0 Å². The molecule has 3 aromatic rings. The van der Waals surface area contributed by atoms with Gasteiger partial charge in [0.25, 0.3) is 0 Å². The molecule has 1 aromatic heterocycles. The van der Waals surface area contributed by atoms with Crippen LogP contribution in [-0.2, 0) is 13.0 Å². The molecule has 0 atom stereocenters. The predicted molar refractivity (Wildman–Crippen MR) is 76.3 cm³/mol. The second kappa shape index (κ2) is 4.76. The van der Waals surface area contributed by atoms with Gasteiger partial charge in [-0.25, -0.2) is 4.98 Å². The molecule has 0 saturated carbocycles. The normalized spacial score (nSPS) is 11.0. The van der Waals surface area contributed by atoms with E-state index in [0.29, 0.717) is 5.75 Å². The van der Waals surface area contributed by atoms with Crippen LogP contribution < -0.4 is 0 Å². The standard InChI is InChI=1S/C16H16N2O/c1-2-18-15-6-4-3-5-14(15)17-16(18)11-12-7-9-13(19)10-8-12/h3-10,19H,2,11H2,1H3. The number of phenols is 1. The van der Waals surface area contributed by atoms with Crippen molar-refractivity contribution >= 4 is 11.0 Å². The van der Waals surface area contributed by atoms with Crippen LogP contribution in [0.25, 0.3) is 11.0 Å². The zero-order chi connectivity index (χ0) is 13.2. The number of aryl methyl sites for hydroxylation is 1. The summed E-state index contributed by atoms with van der Waals surface area (Å²) >= 11 is 0. The number of para-hydroxylation sites is 2. The number of nitrogens with zero attached hydrogens (tertiary/aromatic N) is 2. The van der Waals surface area contributed by atoms with Crippen molar-refractivity contribution in [2.45, 2.75) is 19.9 Å². The van der Waals surface area contributed by atoms with Gasteiger partial charge in [0.05, 0.1) is 11.0 Å². The molecule has 3 nitrogen and oxygen atoms in total. The van der Waals surface area contributed by atoms with Crippen LogP contribution in [-0.4, -0.2) is 14.7 Å². The van der Waals surface area contributed by atoms with E-state index in [2.05, 4.69) is 17.6 Å². The number of hydrogen-bond donors (Lipinski definition) is 1. The Kier molecular flexibility index (Phi) is 2.95. The van der Waals surface area contributed by atoms with Crippen LogP contribution in [0.15, 0.2) is 48.5 Å². The van der Waals surface area contributed by atoms with Crippen LogP contribution in [0.1, 0.15) is 18.3 Å². The molecule has 0 radical (unpaired) electrons. The highest BCUT2D eigenvalue weighted by molar-refractivity contribution is 5.76. The van der Waals surface area contributed by atoms with E-state index >= 15 is 0 Å². The average molecular weight is 252 g/mol. The first-order valence-electron chi connectivity index (χ1n) is 6.50. The lowest BCUT2D eigenvalue weighted by molar-refractivity contribution is 0.475. The molecule has 0 saturated heterocycles. The average Bonchev–Trinajstić information content (AvgIpc) is 2.78. The Morgan fingerprint density at radius 1 is 1.05 bits per heavy atom. The molecule has 0 fully saturated rings. The minimum atomic E-state index is 0.299. The topological polar surface area (TPSA) is 38.0 Å². The molecule has 2 aromatic carbocycles. The van der Waals surface area contributed by atoms with Crippen LogP contribution in [0.2, 0.25) is 0 Å². The van der Waals surface area contributed by atoms with Crippen LogP contribution in [0.3, 0.4) is 0 Å². The molecule has 0 spiro atoms. The van der Waals surface area contributed by atoms with Crippen molar-refractivity contribution in [1.29, 1.82) is 0 Å². The number of hydrogen-bond acceptors (Lipinski definition) is 2. The Hall–Kier alpha value is -2.29. The summed E-state index contributed by atoms with van der Waals surface area (Å²) in [6, 6.07) is 15.5. The Balaban J connectivity index is 2.02. The molecule has 1 heterocycles. The molecule has 96 valence electrons. The molecule has 19 heavy (non-hydrogen) atoms. The molecule has 1 N–H and O–H groups in total. The molecule has 3 heteroatoms. The Bertz CT molecular complexity index is 698. The number of aromatic hydroxyl groups is 1. The van der Waals surface area contributed by atoms with E-state index in [0.717, 1.165) is 29.9 Å². The fourth-order valence-electron chi connectivity index (χ4n) is 2.41. The number of fused-ring (bicyclic) bond motifs is 1. The maximum atomic E-state index is 9.32. The van der Waals surface area contributed by atoms with Crippen LogP contribution >= 0.6 is 0 Å². The number of rotatable bonds is 3. The van der Waals surface area contributed by atoms with Crippen LogP contribution in [0.5, 0.6) is 5.75 Å². The summed E-state index contributed by atoms with van der Waals surface area (Å²) in [5.74, 6) is 1.36. The largest absolute Gasteiger partial charge is 0.508 e. The lowest BCUT2D eigenvalue weighted by Gasteiger charge is -2.06. The van der Waals surface area contributed by atoms with Gasteiger partial charge in [-0.3, -0.25) is 0 Å². The first kappa shape index (κ1) is 11.8. The van der Waals surface area contributed by atoms with E-state index < -0.39 is 0 Å². The van der Waals surface area contributed by atoms with Gasteiger partial charge >= 0.3 is 0 Å². The zero-order valence-electron chi connectivity index (χ0n) is 10.9. The van der Waals surface area contributed by atoms with E-state index in [4.69, 9.17) is 4.98 Å². The minimum absolute atomic E-state index is 0.299. The third kappa shape index (κ3) is 2.19. The van der Waals surface area contributed by atoms with Gasteiger partial charge in [0.2, 0.25) is 0 Å². The van der Waals surface area contributed by atoms with Crippen molar-refractivity contribution < 1.29 is 5.11 Å². The molecule has 0 aliphatic heterocycles. The second-order valence-corrected chi connectivity index (χ2v) is 4.60. The van der Waals surface area contributed by atoms with Crippen molar-refractivity contribution in [2.75, 3.05) is 0 Å². The highest BCUT2D eigenvalue weighted by Crippen LogP contribution is 2.19. The fraction of sp³-hybridized carbons (Fsp3) is 0.188. The summed E-state index contributed by atoms with van der Waals surface area (Å²) in [6.07, 6.45) is 0.781. The van der Waals surface area contributed by atoms with Crippen molar-refractivity contribution in [1.82, 2.24) is 9.55 Å². The third-order valence-electron chi connectivity index (χ3n) is 3.35. The maximum Gasteiger partial charge on any atom is 0.115 e. The SMILES string of the molecule is CCn1c(Cc2ccc(O)cc2)nc2ccccc21. The maximum absolute atomic E-state index is 9.32. The Morgan fingerprint density at radius 2 is 1.79 bits per heavy atom. The highest BCUT2D eigenvalue weighted by atomic mass is 16.3. The van der Waals surface area contributed by atoms with Gasteiger partial charge in [-0.05, 0) is 36.8 Å². The van der Waals surface area contributed by atoms with Crippen molar-refractivity contribution in [3.63, 3.8) is 0 Å². The van der Waals surface area contributed by atoms with Crippen molar-refractivity contribution in [3.8, 4) is 5.75 Å². The molecule has 0 unspecified atom stereocenters. The number of aromatic nitrogens is 2. The Morgan fingerprint density at radius 3 is 2.53 bits per heavy atom. The van der Waals surface area contributed by atoms with E-state index in [-0.39, 0.29) is 0 Å². The summed E-state index contributed by atoms with van der Waals surface area (Å²) in [5, 5.41) is 9.32. The molecule has 0 aliphatic carbocycles. The predicted octanol–water partition coefficient (Wildman–Crippen LogP) is 3.35. The van der Waals surface area contributed by atoms with Gasteiger partial charge in [0, 0.05) is 13.0 Å². The third-order valence-corrected chi connectivity index (χ3v) is 3.35. The second-order valence-electron chi connectivity index (χ2n) is 4.60. The quantitative estimate of drug-likeness (QED) is 0.776. The lowest BCUT2D eigenvalue weighted by atomic mass is 10.1. The van der Waals surface area contributed by atoms with Gasteiger partial charge in [-0.1, -0.05) is 24.3 Å². The van der Waals surface area contributed by atoms with E-state index in [1.165, 1.54) is 5.52 Å². The molecular formula is C16H16N2O. The Labute approximate surface area is 112 Å². The monoisotopic (exact) mass is 252 g/mol. The zero-order valence-corrected chi connectivity index (χ0v) is 10.9. The van der Waals surface area contributed by atoms with E-state index in [1.54, 1.807) is 12.1 Å². The van der Waals surface area contributed by atoms with Crippen LogP contribution in [0.4, 0.5) is 0 Å². The highest BCUT2D eigenvalue weighted by Gasteiger charge is 2.09. The molecule has 0 amide bonds. The van der Waals surface area contributed by atoms with Gasteiger partial charge in [0.1, 0.15) is 11.6 Å². The van der Waals surface area contributed by atoms with Crippen LogP contribution in [0, 0.1) is 0 Å². The molecule has 0 bridgehead atoms. The van der Waals surface area contributed by atoms with E-state index in [1.807, 2.05) is 30.3 Å². The summed E-state index contributed by atoms with van der Waals surface area (Å²) < 4.78 is 2.24.